The van der Waals surface area contributed by atoms with Gasteiger partial charge >= 0.3 is 0 Å². The maximum absolute atomic E-state index is 9.12. The van der Waals surface area contributed by atoms with Gasteiger partial charge in [-0.3, -0.25) is 5.10 Å². The number of aliphatic hydroxyl groups is 1. The molecular weight excluding hydrogens is 278 g/mol. The number of nitrogens with one attached hydrogen (secondary N) is 2. The predicted octanol–water partition coefficient (Wildman–Crippen LogP) is 1.55. The highest BCUT2D eigenvalue weighted by Gasteiger charge is 2.05. The molecule has 0 fully saturated rings. The molecular formula is C16H15N5O. The van der Waals surface area contributed by atoms with E-state index in [0.29, 0.717) is 11.4 Å². The first-order valence-corrected chi connectivity index (χ1v) is 6.89. The van der Waals surface area contributed by atoms with Gasteiger partial charge in [0.05, 0.1) is 23.9 Å². The van der Waals surface area contributed by atoms with E-state index in [1.807, 2.05) is 25.1 Å². The van der Waals surface area contributed by atoms with Gasteiger partial charge in [0.2, 0.25) is 0 Å². The molecule has 22 heavy (non-hydrogen) atoms. The molecule has 0 aliphatic rings. The molecule has 3 aromatic rings. The van der Waals surface area contributed by atoms with Crippen molar-refractivity contribution in [1.29, 1.82) is 0 Å². The Kier molecular flexibility index (Phi) is 3.99. The molecule has 1 atom stereocenters. The zero-order valence-corrected chi connectivity index (χ0v) is 12.0. The maximum atomic E-state index is 9.12. The normalized spacial score (nSPS) is 11.7. The zero-order chi connectivity index (χ0) is 15.4. The summed E-state index contributed by atoms with van der Waals surface area (Å²) in [6.07, 6.45) is 4.87. The van der Waals surface area contributed by atoms with E-state index < -0.39 is 0 Å². The molecule has 110 valence electrons. The minimum atomic E-state index is -0.0993. The third-order valence-corrected chi connectivity index (χ3v) is 3.15. The van der Waals surface area contributed by atoms with Gasteiger partial charge in [-0.25, -0.2) is 9.97 Å². The van der Waals surface area contributed by atoms with Crippen molar-refractivity contribution >= 4 is 16.7 Å². The standard InChI is InChI=1S/C16H15N5O/c1-11(9-22)20-16-13(7-17-10-18-16)4-2-12-3-5-15-14(6-12)8-19-21-15/h3,5-8,10-11,22H,9H2,1H3,(H,19,21)(H,17,18,20)/t11-/m1/s1. The molecule has 0 saturated heterocycles. The van der Waals surface area contributed by atoms with Crippen LogP contribution in [0.1, 0.15) is 18.1 Å². The van der Waals surface area contributed by atoms with Crippen LogP contribution in [0, 0.1) is 11.8 Å². The molecule has 0 aliphatic heterocycles. The molecule has 0 saturated carbocycles. The Labute approximate surface area is 127 Å². The van der Waals surface area contributed by atoms with Crippen LogP contribution in [0.5, 0.6) is 0 Å². The second-order valence-electron chi connectivity index (χ2n) is 4.94. The summed E-state index contributed by atoms with van der Waals surface area (Å²) < 4.78 is 0. The van der Waals surface area contributed by atoms with Gasteiger partial charge in [0.25, 0.3) is 0 Å². The molecule has 0 spiro atoms. The third-order valence-electron chi connectivity index (χ3n) is 3.15. The van der Waals surface area contributed by atoms with Crippen LogP contribution in [0.4, 0.5) is 5.82 Å². The largest absolute Gasteiger partial charge is 0.394 e. The lowest BCUT2D eigenvalue weighted by molar-refractivity contribution is 0.281. The second kappa shape index (κ2) is 6.24. The van der Waals surface area contributed by atoms with E-state index in [1.165, 1.54) is 6.33 Å². The van der Waals surface area contributed by atoms with Gasteiger partial charge < -0.3 is 10.4 Å². The van der Waals surface area contributed by atoms with Crippen LogP contribution in [0.25, 0.3) is 10.9 Å². The summed E-state index contributed by atoms with van der Waals surface area (Å²) in [5.41, 5.74) is 2.56. The number of rotatable bonds is 3. The molecule has 2 aromatic heterocycles. The summed E-state index contributed by atoms with van der Waals surface area (Å²) >= 11 is 0. The van der Waals surface area contributed by atoms with Gasteiger partial charge in [0.15, 0.2) is 0 Å². The van der Waals surface area contributed by atoms with Crippen LogP contribution in [-0.2, 0) is 0 Å². The van der Waals surface area contributed by atoms with Gasteiger partial charge in [-0.15, -0.1) is 0 Å². The van der Waals surface area contributed by atoms with E-state index >= 15 is 0 Å². The molecule has 0 bridgehead atoms. The predicted molar refractivity (Wildman–Crippen MR) is 84.3 cm³/mol. The van der Waals surface area contributed by atoms with E-state index in [-0.39, 0.29) is 12.6 Å². The maximum Gasteiger partial charge on any atom is 0.145 e. The highest BCUT2D eigenvalue weighted by atomic mass is 16.3. The number of hydrogen-bond acceptors (Lipinski definition) is 5. The number of fused-ring (bicyclic) bond motifs is 1. The number of H-pyrrole nitrogens is 1. The van der Waals surface area contributed by atoms with Crippen molar-refractivity contribution in [3.8, 4) is 11.8 Å². The molecule has 0 radical (unpaired) electrons. The number of nitrogens with zero attached hydrogens (tertiary/aromatic N) is 3. The van der Waals surface area contributed by atoms with Crippen LogP contribution in [0.15, 0.2) is 36.9 Å². The lowest BCUT2D eigenvalue weighted by Gasteiger charge is -2.11. The number of anilines is 1. The molecule has 3 N–H and O–H groups in total. The Morgan fingerprint density at radius 3 is 3.09 bits per heavy atom. The topological polar surface area (TPSA) is 86.7 Å². The van der Waals surface area contributed by atoms with E-state index in [9.17, 15) is 0 Å². The summed E-state index contributed by atoms with van der Waals surface area (Å²) in [5, 5.41) is 20.1. The van der Waals surface area contributed by atoms with Crippen LogP contribution in [0.2, 0.25) is 0 Å². The smallest absolute Gasteiger partial charge is 0.145 e. The number of hydrogen-bond donors (Lipinski definition) is 3. The molecule has 1 aromatic carbocycles. The Morgan fingerprint density at radius 2 is 2.23 bits per heavy atom. The summed E-state index contributed by atoms with van der Waals surface area (Å²) in [6.45, 7) is 1.89. The Bertz CT molecular complexity index is 846. The van der Waals surface area contributed by atoms with Crippen molar-refractivity contribution in [2.24, 2.45) is 0 Å². The van der Waals surface area contributed by atoms with Crippen LogP contribution in [-0.4, -0.2) is 37.9 Å². The van der Waals surface area contributed by atoms with Crippen LogP contribution >= 0.6 is 0 Å². The molecule has 6 nitrogen and oxygen atoms in total. The number of benzene rings is 1. The van der Waals surface area contributed by atoms with Crippen molar-refractivity contribution in [2.45, 2.75) is 13.0 Å². The van der Waals surface area contributed by atoms with Crippen LogP contribution < -0.4 is 5.32 Å². The third kappa shape index (κ3) is 3.05. The summed E-state index contributed by atoms with van der Waals surface area (Å²) in [6, 6.07) is 5.75. The molecule has 0 unspecified atom stereocenters. The van der Waals surface area contributed by atoms with Gasteiger partial charge in [0.1, 0.15) is 12.1 Å². The average Bonchev–Trinajstić information content (AvgIpc) is 3.01. The summed E-state index contributed by atoms with van der Waals surface area (Å²) in [4.78, 5) is 8.17. The quantitative estimate of drug-likeness (QED) is 0.638. The van der Waals surface area contributed by atoms with Crippen molar-refractivity contribution in [2.75, 3.05) is 11.9 Å². The summed E-state index contributed by atoms with van der Waals surface area (Å²) in [7, 11) is 0. The fourth-order valence-electron chi connectivity index (χ4n) is 1.98. The minimum Gasteiger partial charge on any atom is -0.394 e. The zero-order valence-electron chi connectivity index (χ0n) is 12.0. The van der Waals surface area contributed by atoms with Crippen LogP contribution in [0.3, 0.4) is 0 Å². The van der Waals surface area contributed by atoms with Gasteiger partial charge in [-0.1, -0.05) is 11.8 Å². The van der Waals surface area contributed by atoms with E-state index in [4.69, 9.17) is 5.11 Å². The first kappa shape index (κ1) is 14.0. The molecule has 3 rings (SSSR count). The second-order valence-corrected chi connectivity index (χ2v) is 4.94. The number of aromatic amines is 1. The lowest BCUT2D eigenvalue weighted by Crippen LogP contribution is -2.20. The van der Waals surface area contributed by atoms with Gasteiger partial charge in [-0.2, -0.15) is 5.10 Å². The highest BCUT2D eigenvalue weighted by molar-refractivity contribution is 5.79. The number of aromatic nitrogens is 4. The van der Waals surface area contributed by atoms with E-state index in [0.717, 1.165) is 16.5 Å². The fourth-order valence-corrected chi connectivity index (χ4v) is 1.98. The fraction of sp³-hybridized carbons (Fsp3) is 0.188. The molecule has 0 aliphatic carbocycles. The monoisotopic (exact) mass is 293 g/mol. The first-order chi connectivity index (χ1) is 10.8. The van der Waals surface area contributed by atoms with Crippen molar-refractivity contribution < 1.29 is 5.11 Å². The SMILES string of the molecule is C[C@H](CO)Nc1ncncc1C#Cc1ccc2[nH]ncc2c1. The van der Waals surface area contributed by atoms with Crippen molar-refractivity contribution in [3.05, 3.63) is 48.0 Å². The van der Waals surface area contributed by atoms with Crippen molar-refractivity contribution in [3.63, 3.8) is 0 Å². The Balaban J connectivity index is 1.89. The Hall–Kier alpha value is -2.91. The molecule has 0 amide bonds. The minimum absolute atomic E-state index is 0.0219. The van der Waals surface area contributed by atoms with E-state index in [2.05, 4.69) is 37.3 Å². The molecule has 6 heteroatoms. The summed E-state index contributed by atoms with van der Waals surface area (Å²) in [5.74, 6) is 6.79. The highest BCUT2D eigenvalue weighted by Crippen LogP contribution is 2.13. The van der Waals surface area contributed by atoms with Gasteiger partial charge in [-0.05, 0) is 25.1 Å². The first-order valence-electron chi connectivity index (χ1n) is 6.89. The average molecular weight is 293 g/mol. The van der Waals surface area contributed by atoms with E-state index in [1.54, 1.807) is 12.4 Å². The molecule has 2 heterocycles. The number of aliphatic hydroxyl groups excluding tert-OH is 1. The Morgan fingerprint density at radius 1 is 1.32 bits per heavy atom. The van der Waals surface area contributed by atoms with Crippen molar-refractivity contribution in [1.82, 2.24) is 20.2 Å². The lowest BCUT2D eigenvalue weighted by atomic mass is 10.1. The van der Waals surface area contributed by atoms with Gasteiger partial charge in [0, 0.05) is 23.2 Å².